The van der Waals surface area contributed by atoms with E-state index in [1.165, 1.54) is 0 Å². The molecular formula is C9H18N4O3. The van der Waals surface area contributed by atoms with Gasteiger partial charge in [-0.2, -0.15) is 0 Å². The summed E-state index contributed by atoms with van der Waals surface area (Å²) in [5, 5.41) is 2.29. The monoisotopic (exact) mass is 230 g/mol. The van der Waals surface area contributed by atoms with Crippen LogP contribution in [0.25, 0.3) is 0 Å². The minimum absolute atomic E-state index is 0.105. The first-order chi connectivity index (χ1) is 7.47. The Bertz CT molecular complexity index is 267. The fraction of sp³-hybridized carbons (Fsp3) is 0.667. The first-order valence-corrected chi connectivity index (χ1v) is 5.05. The maximum atomic E-state index is 11.4. The molecule has 1 atom stereocenters. The van der Waals surface area contributed by atoms with Crippen molar-refractivity contribution in [3.63, 3.8) is 0 Å². The van der Waals surface area contributed by atoms with Crippen LogP contribution in [-0.4, -0.2) is 23.8 Å². The molecule has 16 heavy (non-hydrogen) atoms. The molecule has 0 heterocycles. The number of Topliss-reactive ketones (excluding diaryl/α,β-unsaturated/α-hetero) is 1. The maximum Gasteiger partial charge on any atom is 0.312 e. The number of ketones is 1. The van der Waals surface area contributed by atoms with Crippen molar-refractivity contribution in [1.29, 1.82) is 0 Å². The fourth-order valence-corrected chi connectivity index (χ4v) is 1.17. The van der Waals surface area contributed by atoms with E-state index < -0.39 is 12.1 Å². The average molecular weight is 230 g/mol. The summed E-state index contributed by atoms with van der Waals surface area (Å²) in [5.41, 5.74) is 6.88. The minimum Gasteiger partial charge on any atom is -0.352 e. The zero-order chi connectivity index (χ0) is 12.6. The van der Waals surface area contributed by atoms with E-state index >= 15 is 0 Å². The molecule has 0 aliphatic heterocycles. The molecule has 0 aliphatic rings. The SMILES string of the molecule is CC(NC(N)=O)C(=O)CCCCC(=O)NN. The zero-order valence-corrected chi connectivity index (χ0v) is 9.29. The largest absolute Gasteiger partial charge is 0.352 e. The third kappa shape index (κ3) is 6.77. The summed E-state index contributed by atoms with van der Waals surface area (Å²) in [6.45, 7) is 1.57. The van der Waals surface area contributed by atoms with Gasteiger partial charge in [0.15, 0.2) is 5.78 Å². The molecule has 0 aromatic heterocycles. The molecule has 0 aliphatic carbocycles. The molecule has 7 nitrogen and oxygen atoms in total. The van der Waals surface area contributed by atoms with Gasteiger partial charge in [-0.05, 0) is 19.8 Å². The lowest BCUT2D eigenvalue weighted by atomic mass is 10.1. The molecule has 0 spiro atoms. The number of carbonyl (C=O) groups excluding carboxylic acids is 3. The molecule has 0 radical (unpaired) electrons. The number of primary amides is 1. The second-order valence-electron chi connectivity index (χ2n) is 3.47. The highest BCUT2D eigenvalue weighted by molar-refractivity contribution is 5.87. The molecule has 6 N–H and O–H groups in total. The number of hydrazine groups is 1. The second-order valence-corrected chi connectivity index (χ2v) is 3.47. The molecule has 0 rings (SSSR count). The molecule has 0 fully saturated rings. The lowest BCUT2D eigenvalue weighted by molar-refractivity contribution is -0.122. The number of hydrogen-bond donors (Lipinski definition) is 4. The van der Waals surface area contributed by atoms with E-state index in [4.69, 9.17) is 11.6 Å². The van der Waals surface area contributed by atoms with Crippen LogP contribution in [0.4, 0.5) is 4.79 Å². The fourth-order valence-electron chi connectivity index (χ4n) is 1.17. The highest BCUT2D eigenvalue weighted by atomic mass is 16.2. The van der Waals surface area contributed by atoms with Crippen molar-refractivity contribution in [3.05, 3.63) is 0 Å². The van der Waals surface area contributed by atoms with Crippen LogP contribution >= 0.6 is 0 Å². The Morgan fingerprint density at radius 1 is 1.19 bits per heavy atom. The Kier molecular flexibility index (Phi) is 6.86. The number of carbonyl (C=O) groups is 3. The van der Waals surface area contributed by atoms with Crippen LogP contribution in [0.15, 0.2) is 0 Å². The van der Waals surface area contributed by atoms with E-state index in [-0.39, 0.29) is 11.7 Å². The van der Waals surface area contributed by atoms with Gasteiger partial charge in [0, 0.05) is 12.8 Å². The molecule has 0 saturated heterocycles. The Labute approximate surface area is 93.9 Å². The van der Waals surface area contributed by atoms with Crippen molar-refractivity contribution in [2.45, 2.75) is 38.6 Å². The average Bonchev–Trinajstić information content (AvgIpc) is 2.22. The molecule has 3 amide bonds. The molecule has 0 aromatic carbocycles. The quantitative estimate of drug-likeness (QED) is 0.197. The van der Waals surface area contributed by atoms with E-state index in [1.54, 1.807) is 6.92 Å². The van der Waals surface area contributed by atoms with Crippen LogP contribution < -0.4 is 22.3 Å². The van der Waals surface area contributed by atoms with E-state index in [9.17, 15) is 14.4 Å². The van der Waals surface area contributed by atoms with Gasteiger partial charge in [-0.3, -0.25) is 15.0 Å². The standard InChI is InChI=1S/C9H18N4O3/c1-6(12-9(10)16)7(14)4-2-3-5-8(15)13-11/h6H,2-5,11H2,1H3,(H,13,15)(H3,10,12,16). The summed E-state index contributed by atoms with van der Waals surface area (Å²) in [4.78, 5) is 32.6. The van der Waals surface area contributed by atoms with Gasteiger partial charge in [0.1, 0.15) is 0 Å². The molecule has 0 aromatic rings. The molecule has 92 valence electrons. The summed E-state index contributed by atoms with van der Waals surface area (Å²) in [6.07, 6.45) is 1.76. The first-order valence-electron chi connectivity index (χ1n) is 5.05. The van der Waals surface area contributed by atoms with Crippen LogP contribution in [-0.2, 0) is 9.59 Å². The molecule has 1 unspecified atom stereocenters. The van der Waals surface area contributed by atoms with Crippen LogP contribution in [0.1, 0.15) is 32.6 Å². The van der Waals surface area contributed by atoms with Crippen molar-refractivity contribution in [2.24, 2.45) is 11.6 Å². The van der Waals surface area contributed by atoms with E-state index in [2.05, 4.69) is 5.32 Å². The van der Waals surface area contributed by atoms with Gasteiger partial charge in [0.2, 0.25) is 5.91 Å². The lowest BCUT2D eigenvalue weighted by Gasteiger charge is -2.10. The van der Waals surface area contributed by atoms with Crippen molar-refractivity contribution in [3.8, 4) is 0 Å². The van der Waals surface area contributed by atoms with Crippen molar-refractivity contribution in [1.82, 2.24) is 10.7 Å². The molecule has 7 heteroatoms. The number of hydrogen-bond acceptors (Lipinski definition) is 4. The Hall–Kier alpha value is -1.63. The summed E-state index contributed by atoms with van der Waals surface area (Å²) < 4.78 is 0. The van der Waals surface area contributed by atoms with E-state index in [0.29, 0.717) is 25.7 Å². The minimum atomic E-state index is -0.719. The van der Waals surface area contributed by atoms with Gasteiger partial charge < -0.3 is 11.1 Å². The van der Waals surface area contributed by atoms with Crippen molar-refractivity contribution in [2.75, 3.05) is 0 Å². The Balaban J connectivity index is 3.65. The van der Waals surface area contributed by atoms with Crippen molar-refractivity contribution < 1.29 is 14.4 Å². The second kappa shape index (κ2) is 7.63. The predicted molar refractivity (Wildman–Crippen MR) is 58.0 cm³/mol. The maximum absolute atomic E-state index is 11.4. The number of rotatable bonds is 7. The Morgan fingerprint density at radius 3 is 2.25 bits per heavy atom. The lowest BCUT2D eigenvalue weighted by Crippen LogP contribution is -2.41. The van der Waals surface area contributed by atoms with Gasteiger partial charge in [-0.25, -0.2) is 10.6 Å². The number of nitrogens with two attached hydrogens (primary N) is 2. The highest BCUT2D eigenvalue weighted by Crippen LogP contribution is 2.02. The molecule has 0 saturated carbocycles. The van der Waals surface area contributed by atoms with Gasteiger partial charge in [-0.1, -0.05) is 0 Å². The summed E-state index contributed by atoms with van der Waals surface area (Å²) in [5.74, 6) is 4.53. The highest BCUT2D eigenvalue weighted by Gasteiger charge is 2.13. The summed E-state index contributed by atoms with van der Waals surface area (Å²) >= 11 is 0. The molecular weight excluding hydrogens is 212 g/mol. The van der Waals surface area contributed by atoms with Crippen LogP contribution in [0.5, 0.6) is 0 Å². The number of nitrogens with one attached hydrogen (secondary N) is 2. The third-order valence-electron chi connectivity index (χ3n) is 2.08. The zero-order valence-electron chi connectivity index (χ0n) is 9.29. The normalized spacial score (nSPS) is 11.6. The summed E-state index contributed by atoms with van der Waals surface area (Å²) in [7, 11) is 0. The predicted octanol–water partition coefficient (Wildman–Crippen LogP) is -0.837. The topological polar surface area (TPSA) is 127 Å². The van der Waals surface area contributed by atoms with E-state index in [1.807, 2.05) is 5.43 Å². The van der Waals surface area contributed by atoms with E-state index in [0.717, 1.165) is 0 Å². The van der Waals surface area contributed by atoms with Gasteiger partial charge in [-0.15, -0.1) is 0 Å². The molecule has 0 bridgehead atoms. The van der Waals surface area contributed by atoms with Crippen molar-refractivity contribution >= 4 is 17.7 Å². The van der Waals surface area contributed by atoms with Gasteiger partial charge in [0.25, 0.3) is 0 Å². The number of amides is 3. The number of urea groups is 1. The van der Waals surface area contributed by atoms with Gasteiger partial charge >= 0.3 is 6.03 Å². The first kappa shape index (κ1) is 14.4. The smallest absolute Gasteiger partial charge is 0.312 e. The van der Waals surface area contributed by atoms with Crippen LogP contribution in [0, 0.1) is 0 Å². The van der Waals surface area contributed by atoms with Crippen LogP contribution in [0.3, 0.4) is 0 Å². The third-order valence-corrected chi connectivity index (χ3v) is 2.08. The Morgan fingerprint density at radius 2 is 1.75 bits per heavy atom. The summed E-state index contributed by atoms with van der Waals surface area (Å²) in [6, 6.07) is -1.30. The number of unbranched alkanes of at least 4 members (excludes halogenated alkanes) is 1. The van der Waals surface area contributed by atoms with Crippen LogP contribution in [0.2, 0.25) is 0 Å². The van der Waals surface area contributed by atoms with Gasteiger partial charge in [0.05, 0.1) is 6.04 Å².